The summed E-state index contributed by atoms with van der Waals surface area (Å²) < 4.78 is 7.47. The number of nitrogens with zero attached hydrogens (tertiary/aromatic N) is 1. The van der Waals surface area contributed by atoms with Crippen molar-refractivity contribution in [2.24, 2.45) is 5.41 Å². The first-order chi connectivity index (χ1) is 5.14. The Morgan fingerprint density at radius 1 is 1.70 bits per heavy atom. The Morgan fingerprint density at radius 3 is 2.90 bits per heavy atom. The highest BCUT2D eigenvalue weighted by Gasteiger charge is 2.56. The number of hydrogen-bond donors (Lipinski definition) is 1. The molecule has 1 heterocycles. The van der Waals surface area contributed by atoms with Crippen LogP contribution in [0.15, 0.2) is 0 Å². The predicted molar refractivity (Wildman–Crippen MR) is 42.0 cm³/mol. The van der Waals surface area contributed by atoms with E-state index < -0.39 is 0 Å². The second-order valence-corrected chi connectivity index (χ2v) is 3.90. The van der Waals surface area contributed by atoms with Gasteiger partial charge in [0.2, 0.25) is 0 Å². The van der Waals surface area contributed by atoms with Gasteiger partial charge >= 0.3 is 0 Å². The van der Waals surface area contributed by atoms with Gasteiger partial charge in [-0.15, -0.1) is 0 Å². The lowest BCUT2D eigenvalue weighted by molar-refractivity contribution is 0.334. The molecule has 0 radical (unpaired) electrons. The minimum atomic E-state index is 0.519. The fourth-order valence-electron chi connectivity index (χ4n) is 2.18. The monoisotopic (exact) mass is 141 g/mol. The maximum Gasteiger partial charge on any atom is 0.122 e. The van der Waals surface area contributed by atoms with Gasteiger partial charge in [0.15, 0.2) is 0 Å². The Balaban J connectivity index is 1.97. The Morgan fingerprint density at radius 2 is 2.50 bits per heavy atom. The molecule has 1 aliphatic heterocycles. The van der Waals surface area contributed by atoms with E-state index >= 15 is 0 Å². The molecule has 10 heavy (non-hydrogen) atoms. The maximum atomic E-state index is 7.47. The molecule has 2 fully saturated rings. The van der Waals surface area contributed by atoms with E-state index in [9.17, 15) is 0 Å². The molecule has 2 aliphatic rings. The van der Waals surface area contributed by atoms with Crippen LogP contribution in [0, 0.1) is 5.41 Å². The summed E-state index contributed by atoms with van der Waals surface area (Å²) in [7, 11) is 4.29. The first kappa shape index (κ1) is 5.56. The number of hydrogen-bond acceptors (Lipinski definition) is 2. The second kappa shape index (κ2) is 1.95. The zero-order chi connectivity index (χ0) is 8.06. The Bertz CT molecular complexity index is 171. The molecule has 0 aromatic carbocycles. The van der Waals surface area contributed by atoms with E-state index in [4.69, 9.17) is 1.41 Å². The first-order valence-electron chi connectivity index (χ1n) is 4.49. The molecular formula is C8H16N2. The Kier molecular flexibility index (Phi) is 1.09. The summed E-state index contributed by atoms with van der Waals surface area (Å²) in [5.41, 5.74) is 0.519. The summed E-state index contributed by atoms with van der Waals surface area (Å²) in [5.74, 6) is 0. The topological polar surface area (TPSA) is 15.3 Å². The molecule has 0 bridgehead atoms. The van der Waals surface area contributed by atoms with E-state index in [2.05, 4.69) is 19.0 Å². The molecule has 58 valence electrons. The molecule has 2 nitrogen and oxygen atoms in total. The molecule has 1 spiro atoms. The van der Waals surface area contributed by atoms with Gasteiger partial charge in [0, 0.05) is 18.0 Å². The van der Waals surface area contributed by atoms with Gasteiger partial charge in [-0.05, 0) is 33.5 Å². The van der Waals surface area contributed by atoms with E-state index in [1.807, 2.05) is 0 Å². The minimum absolute atomic E-state index is 0.519. The van der Waals surface area contributed by atoms with E-state index in [0.29, 0.717) is 5.41 Å². The summed E-state index contributed by atoms with van der Waals surface area (Å²) in [6, 6.07) is 0.762. The number of rotatable bonds is 1. The third-order valence-corrected chi connectivity index (χ3v) is 2.96. The summed E-state index contributed by atoms with van der Waals surface area (Å²) in [5, 5.41) is 1.71. The van der Waals surface area contributed by atoms with Crippen LogP contribution in [-0.2, 0) is 0 Å². The lowest BCUT2D eigenvalue weighted by Gasteiger charge is -2.13. The quantitative estimate of drug-likeness (QED) is 0.565. The first-order valence-corrected chi connectivity index (χ1v) is 4.04. The van der Waals surface area contributed by atoms with Crippen molar-refractivity contribution in [1.29, 1.82) is 0 Å². The van der Waals surface area contributed by atoms with Crippen molar-refractivity contribution in [1.82, 2.24) is 10.2 Å². The summed E-state index contributed by atoms with van der Waals surface area (Å²) in [6.45, 7) is 1.97. The molecule has 0 aromatic heterocycles. The van der Waals surface area contributed by atoms with Crippen molar-refractivity contribution < 1.29 is 1.41 Å². The second-order valence-electron chi connectivity index (χ2n) is 3.90. The van der Waals surface area contributed by atoms with Crippen LogP contribution >= 0.6 is 0 Å². The normalized spacial score (nSPS) is 48.7. The van der Waals surface area contributed by atoms with E-state index in [1.165, 1.54) is 12.8 Å². The fraction of sp³-hybridized carbons (Fsp3) is 1.00. The molecule has 1 aliphatic carbocycles. The van der Waals surface area contributed by atoms with Gasteiger partial charge in [-0.1, -0.05) is 0 Å². The maximum absolute atomic E-state index is 7.47. The van der Waals surface area contributed by atoms with E-state index in [1.54, 1.807) is 5.31 Å². The Hall–Kier alpha value is -0.0800. The van der Waals surface area contributed by atoms with Crippen LogP contribution < -0.4 is 5.31 Å². The summed E-state index contributed by atoms with van der Waals surface area (Å²) in [4.78, 5) is 2.30. The van der Waals surface area contributed by atoms with Gasteiger partial charge in [-0.2, -0.15) is 0 Å². The van der Waals surface area contributed by atoms with Crippen molar-refractivity contribution in [3.8, 4) is 0 Å². The highest BCUT2D eigenvalue weighted by molar-refractivity contribution is 5.11. The van der Waals surface area contributed by atoms with Crippen molar-refractivity contribution in [3.05, 3.63) is 0 Å². The zero-order valence-electron chi connectivity index (χ0n) is 7.80. The standard InChI is InChI=1S/C8H16N2/c1-10(2)7-5-8(7)3-4-9-6-8/h7,9H,3-6H2,1-2H3/i/hD. The van der Waals surface area contributed by atoms with Crippen LogP contribution in [0.3, 0.4) is 0 Å². The molecule has 0 aromatic rings. The van der Waals surface area contributed by atoms with Crippen molar-refractivity contribution in [2.75, 3.05) is 27.2 Å². The SMILES string of the molecule is [2H]N1CCC2(CC2N(C)C)C1. The molecular weight excluding hydrogens is 124 g/mol. The molecule has 1 saturated heterocycles. The van der Waals surface area contributed by atoms with Crippen LogP contribution in [0.1, 0.15) is 12.8 Å². The largest absolute Gasteiger partial charge is 0.316 e. The van der Waals surface area contributed by atoms with Gasteiger partial charge in [0.05, 0.1) is 0 Å². The lowest BCUT2D eigenvalue weighted by Crippen LogP contribution is -2.23. The van der Waals surface area contributed by atoms with Crippen molar-refractivity contribution in [3.63, 3.8) is 0 Å². The fourth-order valence-corrected chi connectivity index (χ4v) is 2.18. The van der Waals surface area contributed by atoms with Crippen molar-refractivity contribution in [2.45, 2.75) is 18.9 Å². The number of nitrogens with one attached hydrogen (secondary N) is 1. The minimum Gasteiger partial charge on any atom is -0.316 e. The average molecular weight is 141 g/mol. The van der Waals surface area contributed by atoms with Crippen LogP contribution in [0.5, 0.6) is 0 Å². The average Bonchev–Trinajstić information content (AvgIpc) is 2.48. The van der Waals surface area contributed by atoms with Gasteiger partial charge in [-0.3, -0.25) is 0 Å². The van der Waals surface area contributed by atoms with Crippen LogP contribution in [-0.4, -0.2) is 38.1 Å². The van der Waals surface area contributed by atoms with Gasteiger partial charge in [-0.25, -0.2) is 0 Å². The van der Waals surface area contributed by atoms with E-state index in [0.717, 1.165) is 19.1 Å². The Labute approximate surface area is 64.1 Å². The van der Waals surface area contributed by atoms with Crippen molar-refractivity contribution >= 4 is 0 Å². The smallest absolute Gasteiger partial charge is 0.122 e. The van der Waals surface area contributed by atoms with Gasteiger partial charge < -0.3 is 10.2 Å². The van der Waals surface area contributed by atoms with Crippen LogP contribution in [0.4, 0.5) is 0 Å². The van der Waals surface area contributed by atoms with Gasteiger partial charge in [0.25, 0.3) is 0 Å². The van der Waals surface area contributed by atoms with Crippen LogP contribution in [0.25, 0.3) is 0 Å². The van der Waals surface area contributed by atoms with E-state index in [-0.39, 0.29) is 0 Å². The lowest BCUT2D eigenvalue weighted by atomic mass is 10.1. The third kappa shape index (κ3) is 0.789. The third-order valence-electron chi connectivity index (χ3n) is 2.96. The highest BCUT2D eigenvalue weighted by atomic mass is 15.2. The van der Waals surface area contributed by atoms with Gasteiger partial charge in [0.1, 0.15) is 1.41 Å². The summed E-state index contributed by atoms with van der Waals surface area (Å²) >= 11 is 0. The summed E-state index contributed by atoms with van der Waals surface area (Å²) in [6.07, 6.45) is 2.55. The van der Waals surface area contributed by atoms with Crippen LogP contribution in [0.2, 0.25) is 1.41 Å². The molecule has 0 amide bonds. The molecule has 2 rings (SSSR count). The molecule has 2 heteroatoms. The molecule has 2 atom stereocenters. The zero-order valence-corrected chi connectivity index (χ0v) is 6.80. The molecule has 1 N–H and O–H groups in total. The molecule has 2 unspecified atom stereocenters. The molecule has 1 saturated carbocycles. The predicted octanol–water partition coefficient (Wildman–Crippen LogP) is 0.300. The highest BCUT2D eigenvalue weighted by Crippen LogP contribution is 2.52.